The molecule has 0 atom stereocenters. The van der Waals surface area contributed by atoms with E-state index in [2.05, 4.69) is 25.8 Å². The van der Waals surface area contributed by atoms with Gasteiger partial charge in [-0.25, -0.2) is 9.38 Å². The summed E-state index contributed by atoms with van der Waals surface area (Å²) >= 11 is 0. The summed E-state index contributed by atoms with van der Waals surface area (Å²) < 4.78 is 13.2. The summed E-state index contributed by atoms with van der Waals surface area (Å²) in [5.41, 5.74) is 2.64. The Kier molecular flexibility index (Phi) is 5.05. The third kappa shape index (κ3) is 4.17. The first-order valence-corrected chi connectivity index (χ1v) is 9.99. The Balaban J connectivity index is 1.49. The highest BCUT2D eigenvalue weighted by molar-refractivity contribution is 6.11. The molecule has 0 aliphatic heterocycles. The zero-order valence-electron chi connectivity index (χ0n) is 16.8. The van der Waals surface area contributed by atoms with Crippen molar-refractivity contribution < 1.29 is 9.18 Å². The number of rotatable bonds is 3. The molecule has 0 saturated heterocycles. The number of aromatic nitrogens is 2. The Morgan fingerprint density at radius 3 is 2.53 bits per heavy atom. The van der Waals surface area contributed by atoms with Gasteiger partial charge >= 0.3 is 0 Å². The molecule has 0 spiro atoms. The lowest BCUT2D eigenvalue weighted by Gasteiger charge is -2.12. The molecule has 4 aromatic carbocycles. The van der Waals surface area contributed by atoms with Crippen LogP contribution in [0.4, 0.5) is 15.8 Å². The van der Waals surface area contributed by atoms with Crippen LogP contribution in [0.25, 0.3) is 21.7 Å². The van der Waals surface area contributed by atoms with E-state index in [0.29, 0.717) is 11.3 Å². The Morgan fingerprint density at radius 1 is 0.875 bits per heavy atom. The van der Waals surface area contributed by atoms with Crippen molar-refractivity contribution >= 4 is 44.9 Å². The second-order valence-electron chi connectivity index (χ2n) is 7.25. The third-order valence-electron chi connectivity index (χ3n) is 5.02. The van der Waals surface area contributed by atoms with Crippen LogP contribution in [0.2, 0.25) is 0 Å². The number of nitrogens with one attached hydrogen (secondary N) is 3. The van der Waals surface area contributed by atoms with Gasteiger partial charge in [0.1, 0.15) is 5.82 Å². The normalized spacial score (nSPS) is 11.6. The molecule has 0 saturated carbocycles. The number of benzene rings is 4. The molecular formula is C25H18FN5O. The fourth-order valence-corrected chi connectivity index (χ4v) is 3.40. The van der Waals surface area contributed by atoms with Crippen LogP contribution in [0, 0.1) is 5.82 Å². The average molecular weight is 423 g/mol. The van der Waals surface area contributed by atoms with Crippen molar-refractivity contribution in [3.05, 3.63) is 103 Å². The van der Waals surface area contributed by atoms with E-state index in [1.54, 1.807) is 6.20 Å². The van der Waals surface area contributed by atoms with Gasteiger partial charge in [0.15, 0.2) is 0 Å². The first-order chi connectivity index (χ1) is 15.6. The number of guanidine groups is 1. The van der Waals surface area contributed by atoms with E-state index in [4.69, 9.17) is 0 Å². The molecule has 0 bridgehead atoms. The van der Waals surface area contributed by atoms with E-state index >= 15 is 0 Å². The summed E-state index contributed by atoms with van der Waals surface area (Å²) in [6, 6.07) is 24.8. The van der Waals surface area contributed by atoms with Gasteiger partial charge in [0.2, 0.25) is 5.96 Å². The predicted molar refractivity (Wildman–Crippen MR) is 125 cm³/mol. The molecule has 0 aliphatic rings. The van der Waals surface area contributed by atoms with Crippen molar-refractivity contribution in [2.45, 2.75) is 0 Å². The van der Waals surface area contributed by atoms with E-state index in [0.717, 1.165) is 27.4 Å². The smallest absolute Gasteiger partial charge is 0.257 e. The number of halogens is 1. The van der Waals surface area contributed by atoms with Crippen molar-refractivity contribution in [3.8, 4) is 0 Å². The lowest BCUT2D eigenvalue weighted by atomic mass is 10.1. The maximum absolute atomic E-state index is 13.2. The van der Waals surface area contributed by atoms with Crippen LogP contribution in [-0.4, -0.2) is 22.1 Å². The molecule has 32 heavy (non-hydrogen) atoms. The standard InChI is InChI=1S/C25H18FN5O/c26-20-8-5-17(6-9-20)24(32)30-25(29-22-11-12-23-19(14-22)15-27-31-23)28-21-10-7-16-3-1-2-4-18(16)13-21/h1-15H,(H,27,31)(H2,28,29,30,32). The number of carbonyl (C=O) groups excluding carboxylic acids is 1. The molecule has 0 fully saturated rings. The molecule has 0 aliphatic carbocycles. The summed E-state index contributed by atoms with van der Waals surface area (Å²) in [5, 5.41) is 16.0. The monoisotopic (exact) mass is 423 g/mol. The van der Waals surface area contributed by atoms with Crippen LogP contribution in [0.15, 0.2) is 96.1 Å². The number of hydrogen-bond acceptors (Lipinski definition) is 3. The molecule has 1 amide bonds. The Morgan fingerprint density at radius 2 is 1.69 bits per heavy atom. The van der Waals surface area contributed by atoms with E-state index in [9.17, 15) is 9.18 Å². The quantitative estimate of drug-likeness (QED) is 0.269. The van der Waals surface area contributed by atoms with Crippen LogP contribution in [0.1, 0.15) is 10.4 Å². The minimum Gasteiger partial charge on any atom is -0.326 e. The molecule has 5 aromatic rings. The molecule has 3 N–H and O–H groups in total. The van der Waals surface area contributed by atoms with E-state index < -0.39 is 11.7 Å². The summed E-state index contributed by atoms with van der Waals surface area (Å²) in [5.74, 6) is -0.558. The maximum atomic E-state index is 13.2. The SMILES string of the molecule is O=C(NC(=Nc1ccc2ccccc2c1)Nc1ccc2[nH]ncc2c1)c1ccc(F)cc1. The van der Waals surface area contributed by atoms with Gasteiger partial charge in [0, 0.05) is 16.6 Å². The summed E-state index contributed by atoms with van der Waals surface area (Å²) in [6.07, 6.45) is 1.72. The highest BCUT2D eigenvalue weighted by Crippen LogP contribution is 2.22. The lowest BCUT2D eigenvalue weighted by Crippen LogP contribution is -2.35. The summed E-state index contributed by atoms with van der Waals surface area (Å²) in [4.78, 5) is 17.4. The van der Waals surface area contributed by atoms with Gasteiger partial charge in [-0.2, -0.15) is 5.10 Å². The van der Waals surface area contributed by atoms with Crippen molar-refractivity contribution in [2.75, 3.05) is 5.32 Å². The largest absolute Gasteiger partial charge is 0.326 e. The van der Waals surface area contributed by atoms with Crippen LogP contribution in [0.5, 0.6) is 0 Å². The minimum atomic E-state index is -0.404. The molecule has 0 radical (unpaired) electrons. The fraction of sp³-hybridized carbons (Fsp3) is 0. The number of carbonyl (C=O) groups is 1. The molecule has 6 nitrogen and oxygen atoms in total. The molecule has 1 aromatic heterocycles. The van der Waals surface area contributed by atoms with Gasteiger partial charge in [-0.1, -0.05) is 30.3 Å². The molecule has 156 valence electrons. The molecule has 0 unspecified atom stereocenters. The maximum Gasteiger partial charge on any atom is 0.257 e. The van der Waals surface area contributed by atoms with Crippen molar-refractivity contribution in [1.29, 1.82) is 0 Å². The van der Waals surface area contributed by atoms with Crippen molar-refractivity contribution in [3.63, 3.8) is 0 Å². The number of H-pyrrole nitrogens is 1. The first-order valence-electron chi connectivity index (χ1n) is 9.99. The number of fused-ring (bicyclic) bond motifs is 2. The summed E-state index contributed by atoms with van der Waals surface area (Å²) in [6.45, 7) is 0. The Hall–Kier alpha value is -4.52. The van der Waals surface area contributed by atoms with Gasteiger partial charge in [-0.15, -0.1) is 0 Å². The number of nitrogens with zero attached hydrogens (tertiary/aromatic N) is 2. The Labute approximate surface area is 182 Å². The number of hydrogen-bond donors (Lipinski definition) is 3. The molecule has 1 heterocycles. The van der Waals surface area contributed by atoms with Crippen molar-refractivity contribution in [1.82, 2.24) is 15.5 Å². The fourth-order valence-electron chi connectivity index (χ4n) is 3.40. The zero-order chi connectivity index (χ0) is 21.9. The number of anilines is 1. The van der Waals surface area contributed by atoms with Gasteiger partial charge in [0.05, 0.1) is 17.4 Å². The van der Waals surface area contributed by atoms with E-state index in [1.807, 2.05) is 60.7 Å². The molecule has 7 heteroatoms. The average Bonchev–Trinajstić information content (AvgIpc) is 3.27. The number of amides is 1. The zero-order valence-corrected chi connectivity index (χ0v) is 16.8. The van der Waals surface area contributed by atoms with Crippen LogP contribution in [0.3, 0.4) is 0 Å². The number of aliphatic imine (C=N–C) groups is 1. The van der Waals surface area contributed by atoms with Gasteiger partial charge in [-0.05, 0) is 65.4 Å². The van der Waals surface area contributed by atoms with Crippen LogP contribution >= 0.6 is 0 Å². The van der Waals surface area contributed by atoms with Gasteiger partial charge in [-0.3, -0.25) is 15.2 Å². The summed E-state index contributed by atoms with van der Waals surface area (Å²) in [7, 11) is 0. The first kappa shape index (κ1) is 19.4. The Bertz CT molecular complexity index is 1460. The van der Waals surface area contributed by atoms with Gasteiger partial charge in [0.25, 0.3) is 5.91 Å². The van der Waals surface area contributed by atoms with Crippen LogP contribution < -0.4 is 10.6 Å². The predicted octanol–water partition coefficient (Wildman–Crippen LogP) is 5.38. The molecular weight excluding hydrogens is 405 g/mol. The third-order valence-corrected chi connectivity index (χ3v) is 5.02. The topological polar surface area (TPSA) is 82.2 Å². The second-order valence-corrected chi connectivity index (χ2v) is 7.25. The van der Waals surface area contributed by atoms with E-state index in [-0.39, 0.29) is 5.96 Å². The van der Waals surface area contributed by atoms with Gasteiger partial charge < -0.3 is 5.32 Å². The lowest BCUT2D eigenvalue weighted by molar-refractivity contribution is 0.0977. The van der Waals surface area contributed by atoms with Crippen molar-refractivity contribution in [2.24, 2.45) is 4.99 Å². The highest BCUT2D eigenvalue weighted by atomic mass is 19.1. The second kappa shape index (κ2) is 8.31. The molecule has 5 rings (SSSR count). The van der Waals surface area contributed by atoms with Crippen LogP contribution in [-0.2, 0) is 0 Å². The number of aromatic amines is 1. The van der Waals surface area contributed by atoms with E-state index in [1.165, 1.54) is 24.3 Å². The minimum absolute atomic E-state index is 0.248. The highest BCUT2D eigenvalue weighted by Gasteiger charge is 2.11.